The van der Waals surface area contributed by atoms with E-state index in [-0.39, 0.29) is 28.8 Å². The lowest BCUT2D eigenvalue weighted by Crippen LogP contribution is -2.12. The number of hydrogen-bond donors (Lipinski definition) is 1. The number of carbonyl (C=O) groups is 3. The Balaban J connectivity index is 2.25. The zero-order valence-corrected chi connectivity index (χ0v) is 15.4. The van der Waals surface area contributed by atoms with E-state index >= 15 is 0 Å². The van der Waals surface area contributed by atoms with Gasteiger partial charge >= 0.3 is 5.97 Å². The molecule has 2 rings (SSSR count). The van der Waals surface area contributed by atoms with Crippen molar-refractivity contribution in [3.63, 3.8) is 0 Å². The van der Waals surface area contributed by atoms with Crippen LogP contribution in [0.2, 0.25) is 0 Å². The summed E-state index contributed by atoms with van der Waals surface area (Å²) in [7, 11) is 0. The van der Waals surface area contributed by atoms with Crippen LogP contribution in [0.4, 0.5) is 9.39 Å². The average Bonchev–Trinajstić information content (AvgIpc) is 2.91. The van der Waals surface area contributed by atoms with Crippen molar-refractivity contribution < 1.29 is 23.5 Å². The second-order valence-electron chi connectivity index (χ2n) is 5.41. The first kappa shape index (κ1) is 19.5. The van der Waals surface area contributed by atoms with Crippen LogP contribution < -0.4 is 5.32 Å². The predicted molar refractivity (Wildman–Crippen MR) is 99.1 cm³/mol. The van der Waals surface area contributed by atoms with Gasteiger partial charge in [0.2, 0.25) is 5.91 Å². The van der Waals surface area contributed by atoms with Gasteiger partial charge in [-0.3, -0.25) is 9.59 Å². The van der Waals surface area contributed by atoms with Crippen LogP contribution in [0.5, 0.6) is 0 Å². The molecule has 7 heteroatoms. The number of nitrogens with one attached hydrogen (secondary N) is 1. The van der Waals surface area contributed by atoms with Crippen LogP contribution in [-0.4, -0.2) is 24.3 Å². The van der Waals surface area contributed by atoms with Crippen LogP contribution in [0.3, 0.4) is 0 Å². The number of thiophene rings is 1. The molecule has 0 bridgehead atoms. The predicted octanol–water partition coefficient (Wildman–Crippen LogP) is 4.23. The molecular weight excluding hydrogens is 357 g/mol. The van der Waals surface area contributed by atoms with Crippen molar-refractivity contribution in [2.24, 2.45) is 0 Å². The largest absolute Gasteiger partial charge is 0.462 e. The fourth-order valence-corrected chi connectivity index (χ4v) is 3.38. The molecule has 1 aromatic carbocycles. The molecule has 0 spiro atoms. The number of carbonyl (C=O) groups excluding carboxylic acids is 3. The second kappa shape index (κ2) is 8.53. The summed E-state index contributed by atoms with van der Waals surface area (Å²) in [5.74, 6) is -1.63. The number of rotatable bonds is 6. The van der Waals surface area contributed by atoms with Crippen molar-refractivity contribution in [2.75, 3.05) is 11.9 Å². The van der Waals surface area contributed by atoms with Gasteiger partial charge in [-0.25, -0.2) is 9.18 Å². The summed E-state index contributed by atoms with van der Waals surface area (Å²) in [6.07, 6.45) is 2.79. The highest BCUT2D eigenvalue weighted by Crippen LogP contribution is 2.34. The zero-order valence-electron chi connectivity index (χ0n) is 14.6. The van der Waals surface area contributed by atoms with Crippen LogP contribution in [-0.2, 0) is 9.53 Å². The molecule has 0 fully saturated rings. The van der Waals surface area contributed by atoms with Gasteiger partial charge in [0.15, 0.2) is 5.78 Å². The molecule has 0 aliphatic carbocycles. The van der Waals surface area contributed by atoms with Crippen molar-refractivity contribution >= 4 is 40.1 Å². The number of hydrogen-bond acceptors (Lipinski definition) is 5. The number of anilines is 1. The first-order valence-corrected chi connectivity index (χ1v) is 8.71. The number of halogens is 1. The Labute approximate surface area is 154 Å². The molecule has 0 saturated carbocycles. The first-order valence-electron chi connectivity index (χ1n) is 7.89. The van der Waals surface area contributed by atoms with Crippen LogP contribution in [0.15, 0.2) is 30.3 Å². The fourth-order valence-electron chi connectivity index (χ4n) is 2.29. The van der Waals surface area contributed by atoms with Crippen molar-refractivity contribution in [3.05, 3.63) is 57.7 Å². The van der Waals surface area contributed by atoms with E-state index in [4.69, 9.17) is 4.74 Å². The number of amides is 1. The standard InChI is InChI=1S/C19H18FNO4S/c1-4-25-19(24)16-11(2)17(12(3)22)26-18(16)21-15(23)10-7-13-5-8-14(20)9-6-13/h5-10H,4H2,1-3H3,(H,21,23)/b10-7+. The summed E-state index contributed by atoms with van der Waals surface area (Å²) in [6, 6.07) is 5.65. The third kappa shape index (κ3) is 4.64. The summed E-state index contributed by atoms with van der Waals surface area (Å²) in [5, 5.41) is 2.88. The van der Waals surface area contributed by atoms with Gasteiger partial charge in [-0.05, 0) is 50.1 Å². The average molecular weight is 375 g/mol. The van der Waals surface area contributed by atoms with E-state index < -0.39 is 11.9 Å². The molecular formula is C19H18FNO4S. The number of esters is 1. The van der Waals surface area contributed by atoms with E-state index in [2.05, 4.69) is 5.32 Å². The summed E-state index contributed by atoms with van der Waals surface area (Å²) in [5.41, 5.74) is 1.32. The third-order valence-electron chi connectivity index (χ3n) is 3.48. The Bertz CT molecular complexity index is 868. The molecule has 0 aliphatic heterocycles. The lowest BCUT2D eigenvalue weighted by atomic mass is 10.1. The molecule has 26 heavy (non-hydrogen) atoms. The Morgan fingerprint density at radius 1 is 1.23 bits per heavy atom. The highest BCUT2D eigenvalue weighted by molar-refractivity contribution is 7.18. The Hall–Kier alpha value is -2.80. The Kier molecular flexibility index (Phi) is 6.41. The zero-order chi connectivity index (χ0) is 19.3. The number of benzene rings is 1. The maximum Gasteiger partial charge on any atom is 0.341 e. The molecule has 0 unspecified atom stereocenters. The van der Waals surface area contributed by atoms with E-state index in [1.807, 2.05) is 0 Å². The van der Waals surface area contributed by atoms with Crippen LogP contribution in [0.25, 0.3) is 6.08 Å². The van der Waals surface area contributed by atoms with Crippen molar-refractivity contribution in [2.45, 2.75) is 20.8 Å². The molecule has 0 aliphatic rings. The lowest BCUT2D eigenvalue weighted by molar-refractivity contribution is -0.111. The highest BCUT2D eigenvalue weighted by Gasteiger charge is 2.24. The highest BCUT2D eigenvalue weighted by atomic mass is 32.1. The second-order valence-corrected chi connectivity index (χ2v) is 6.43. The third-order valence-corrected chi connectivity index (χ3v) is 4.79. The SMILES string of the molecule is CCOC(=O)c1c(NC(=O)/C=C/c2ccc(F)cc2)sc(C(C)=O)c1C. The summed E-state index contributed by atoms with van der Waals surface area (Å²) >= 11 is 1.03. The molecule has 1 amide bonds. The Morgan fingerprint density at radius 2 is 1.88 bits per heavy atom. The fraction of sp³-hybridized carbons (Fsp3) is 0.211. The number of ether oxygens (including phenoxy) is 1. The quantitative estimate of drug-likeness (QED) is 0.466. The van der Waals surface area contributed by atoms with Gasteiger partial charge in [0, 0.05) is 6.08 Å². The van der Waals surface area contributed by atoms with Crippen LogP contribution >= 0.6 is 11.3 Å². The van der Waals surface area contributed by atoms with Crippen molar-refractivity contribution in [1.82, 2.24) is 0 Å². The molecule has 0 saturated heterocycles. The van der Waals surface area contributed by atoms with Gasteiger partial charge in [-0.1, -0.05) is 12.1 Å². The molecule has 1 aromatic heterocycles. The van der Waals surface area contributed by atoms with Gasteiger partial charge in [0.05, 0.1) is 17.0 Å². The smallest absolute Gasteiger partial charge is 0.341 e. The molecule has 0 radical (unpaired) electrons. The Morgan fingerprint density at radius 3 is 2.46 bits per heavy atom. The minimum absolute atomic E-state index is 0.182. The molecule has 1 heterocycles. The number of ketones is 1. The molecule has 0 atom stereocenters. The summed E-state index contributed by atoms with van der Waals surface area (Å²) < 4.78 is 17.9. The molecule has 136 valence electrons. The molecule has 5 nitrogen and oxygen atoms in total. The van der Waals surface area contributed by atoms with Crippen LogP contribution in [0.1, 0.15) is 45.0 Å². The minimum Gasteiger partial charge on any atom is -0.462 e. The van der Waals surface area contributed by atoms with Crippen molar-refractivity contribution in [1.29, 1.82) is 0 Å². The minimum atomic E-state index is -0.591. The molecule has 2 aromatic rings. The normalized spacial score (nSPS) is 10.8. The summed E-state index contributed by atoms with van der Waals surface area (Å²) in [6.45, 7) is 4.90. The van der Waals surface area contributed by atoms with Gasteiger partial charge in [-0.15, -0.1) is 11.3 Å². The molecule has 1 N–H and O–H groups in total. The van der Waals surface area contributed by atoms with Gasteiger partial charge in [0.25, 0.3) is 0 Å². The number of Topliss-reactive ketones (excluding diaryl/α,β-unsaturated/α-hetero) is 1. The van der Waals surface area contributed by atoms with E-state index in [0.717, 1.165) is 11.3 Å². The van der Waals surface area contributed by atoms with Gasteiger partial charge < -0.3 is 10.1 Å². The van der Waals surface area contributed by atoms with Gasteiger partial charge in [-0.2, -0.15) is 0 Å². The summed E-state index contributed by atoms with van der Waals surface area (Å²) in [4.78, 5) is 36.5. The maximum absolute atomic E-state index is 12.9. The van der Waals surface area contributed by atoms with E-state index in [0.29, 0.717) is 16.0 Å². The lowest BCUT2D eigenvalue weighted by Gasteiger charge is -2.05. The first-order chi connectivity index (χ1) is 12.3. The van der Waals surface area contributed by atoms with Crippen molar-refractivity contribution in [3.8, 4) is 0 Å². The van der Waals surface area contributed by atoms with Crippen LogP contribution in [0, 0.1) is 12.7 Å². The van der Waals surface area contributed by atoms with Gasteiger partial charge in [0.1, 0.15) is 10.8 Å². The topological polar surface area (TPSA) is 72.5 Å². The van der Waals surface area contributed by atoms with E-state index in [9.17, 15) is 18.8 Å². The van der Waals surface area contributed by atoms with E-state index in [1.165, 1.54) is 43.3 Å². The van der Waals surface area contributed by atoms with E-state index in [1.54, 1.807) is 13.8 Å². The monoisotopic (exact) mass is 375 g/mol. The maximum atomic E-state index is 12.9.